The summed E-state index contributed by atoms with van der Waals surface area (Å²) in [5, 5.41) is 6.34. The van der Waals surface area contributed by atoms with Gasteiger partial charge in [0.15, 0.2) is 0 Å². The van der Waals surface area contributed by atoms with Gasteiger partial charge in [0.05, 0.1) is 6.04 Å². The lowest BCUT2D eigenvalue weighted by molar-refractivity contribution is -0.123. The van der Waals surface area contributed by atoms with Gasteiger partial charge in [0.2, 0.25) is 5.91 Å². The van der Waals surface area contributed by atoms with Crippen LogP contribution in [0.4, 0.5) is 0 Å². The van der Waals surface area contributed by atoms with E-state index >= 15 is 0 Å². The van der Waals surface area contributed by atoms with Gasteiger partial charge in [-0.1, -0.05) is 30.7 Å². The fourth-order valence-corrected chi connectivity index (χ4v) is 3.35. The topological polar surface area (TPSA) is 44.4 Å². The molecule has 0 radical (unpaired) electrons. The van der Waals surface area contributed by atoms with Crippen LogP contribution in [0.15, 0.2) is 24.3 Å². The number of carbonyl (C=O) groups is 1. The molecule has 1 amide bonds. The van der Waals surface area contributed by atoms with Crippen molar-refractivity contribution in [1.82, 2.24) is 15.5 Å². The summed E-state index contributed by atoms with van der Waals surface area (Å²) < 4.78 is 0. The number of carbonyl (C=O) groups excluding carboxylic acids is 1. The van der Waals surface area contributed by atoms with Crippen molar-refractivity contribution in [3.63, 3.8) is 0 Å². The highest BCUT2D eigenvalue weighted by Gasteiger charge is 2.19. The first-order valence-electron chi connectivity index (χ1n) is 8.62. The van der Waals surface area contributed by atoms with Crippen LogP contribution >= 0.6 is 24.8 Å². The molecule has 2 fully saturated rings. The quantitative estimate of drug-likeness (QED) is 0.833. The Labute approximate surface area is 157 Å². The Morgan fingerprint density at radius 1 is 1.04 bits per heavy atom. The average Bonchev–Trinajstić information content (AvgIpc) is 3.08. The van der Waals surface area contributed by atoms with Gasteiger partial charge >= 0.3 is 0 Å². The second kappa shape index (κ2) is 10.9. The van der Waals surface area contributed by atoms with Crippen molar-refractivity contribution in [1.29, 1.82) is 0 Å². The predicted octanol–water partition coefficient (Wildman–Crippen LogP) is 2.88. The molecule has 0 spiro atoms. The lowest BCUT2D eigenvalue weighted by Gasteiger charge is -2.22. The molecule has 136 valence electrons. The van der Waals surface area contributed by atoms with Crippen LogP contribution in [0.1, 0.15) is 43.2 Å². The number of hydrogen-bond acceptors (Lipinski definition) is 3. The number of nitrogens with one attached hydrogen (secondary N) is 2. The first-order valence-corrected chi connectivity index (χ1v) is 8.62. The fourth-order valence-electron chi connectivity index (χ4n) is 3.35. The number of amides is 1. The molecule has 0 bridgehead atoms. The van der Waals surface area contributed by atoms with E-state index in [9.17, 15) is 4.79 Å². The van der Waals surface area contributed by atoms with Crippen LogP contribution in [-0.4, -0.2) is 36.5 Å². The monoisotopic (exact) mass is 373 g/mol. The zero-order valence-electron chi connectivity index (χ0n) is 14.1. The van der Waals surface area contributed by atoms with Crippen LogP contribution in [0, 0.1) is 0 Å². The van der Waals surface area contributed by atoms with Crippen LogP contribution in [0.2, 0.25) is 0 Å². The largest absolute Gasteiger partial charge is 0.351 e. The zero-order valence-corrected chi connectivity index (χ0v) is 15.8. The minimum Gasteiger partial charge on any atom is -0.351 e. The first-order chi connectivity index (χ1) is 10.8. The van der Waals surface area contributed by atoms with Gasteiger partial charge in [-0.25, -0.2) is 0 Å². The molecule has 2 aliphatic rings. The van der Waals surface area contributed by atoms with E-state index in [1.54, 1.807) is 0 Å². The van der Waals surface area contributed by atoms with E-state index in [0.29, 0.717) is 6.54 Å². The third-order valence-electron chi connectivity index (χ3n) is 4.72. The number of likely N-dealkylation sites (tertiary alicyclic amines) is 1. The molecule has 1 aromatic carbocycles. The summed E-state index contributed by atoms with van der Waals surface area (Å²) in [6.07, 6.45) is 5.96. The molecule has 0 aliphatic carbocycles. The van der Waals surface area contributed by atoms with Crippen molar-refractivity contribution in [2.45, 2.75) is 51.2 Å². The fraction of sp³-hybridized carbons (Fsp3) is 0.611. The Morgan fingerprint density at radius 3 is 2.33 bits per heavy atom. The van der Waals surface area contributed by atoms with Gasteiger partial charge in [-0.05, 0) is 56.4 Å². The number of hydrogen-bond donors (Lipinski definition) is 2. The molecule has 2 saturated heterocycles. The van der Waals surface area contributed by atoms with Gasteiger partial charge in [-0.3, -0.25) is 9.69 Å². The molecular formula is C18H29Cl2N3O. The van der Waals surface area contributed by atoms with E-state index in [0.717, 1.165) is 25.9 Å². The van der Waals surface area contributed by atoms with E-state index in [2.05, 4.69) is 39.8 Å². The van der Waals surface area contributed by atoms with Crippen LogP contribution in [0.3, 0.4) is 0 Å². The predicted molar refractivity (Wildman–Crippen MR) is 103 cm³/mol. The third-order valence-corrected chi connectivity index (χ3v) is 4.72. The SMILES string of the molecule is Cl.Cl.O=C(NCc1ccc(CN2CCCC2)cc1)[C@H]1CCCCN1. The smallest absolute Gasteiger partial charge is 0.237 e. The second-order valence-corrected chi connectivity index (χ2v) is 6.52. The van der Waals surface area contributed by atoms with Gasteiger partial charge in [0.1, 0.15) is 0 Å². The van der Waals surface area contributed by atoms with Crippen molar-refractivity contribution in [3.05, 3.63) is 35.4 Å². The van der Waals surface area contributed by atoms with E-state index in [-0.39, 0.29) is 36.8 Å². The molecular weight excluding hydrogens is 345 g/mol. The lowest BCUT2D eigenvalue weighted by atomic mass is 10.0. The Kier molecular flexibility index (Phi) is 9.67. The summed E-state index contributed by atoms with van der Waals surface area (Å²) in [5.74, 6) is 0.140. The summed E-state index contributed by atoms with van der Waals surface area (Å²) in [7, 11) is 0. The van der Waals surface area contributed by atoms with E-state index in [1.807, 2.05) is 0 Å². The maximum atomic E-state index is 12.1. The maximum absolute atomic E-state index is 12.1. The summed E-state index contributed by atoms with van der Waals surface area (Å²) in [6, 6.07) is 8.67. The van der Waals surface area contributed by atoms with E-state index in [4.69, 9.17) is 0 Å². The average molecular weight is 374 g/mol. The molecule has 2 N–H and O–H groups in total. The van der Waals surface area contributed by atoms with E-state index in [1.165, 1.54) is 43.5 Å². The molecule has 3 rings (SSSR count). The Balaban J connectivity index is 0.00000144. The highest BCUT2D eigenvalue weighted by molar-refractivity contribution is 5.85. The zero-order chi connectivity index (χ0) is 15.2. The minimum absolute atomic E-state index is 0. The lowest BCUT2D eigenvalue weighted by Crippen LogP contribution is -2.46. The van der Waals surface area contributed by atoms with Gasteiger partial charge in [-0.2, -0.15) is 0 Å². The molecule has 4 nitrogen and oxygen atoms in total. The number of piperidine rings is 1. The normalized spacial score (nSPS) is 20.8. The third kappa shape index (κ3) is 6.25. The van der Waals surface area contributed by atoms with Gasteiger partial charge in [-0.15, -0.1) is 24.8 Å². The summed E-state index contributed by atoms with van der Waals surface area (Å²) in [4.78, 5) is 14.6. The summed E-state index contributed by atoms with van der Waals surface area (Å²) in [6.45, 7) is 5.10. The van der Waals surface area contributed by atoms with Crippen LogP contribution in [0.5, 0.6) is 0 Å². The minimum atomic E-state index is 0. The van der Waals surface area contributed by atoms with Gasteiger partial charge < -0.3 is 10.6 Å². The van der Waals surface area contributed by atoms with Crippen LogP contribution < -0.4 is 10.6 Å². The Hall–Kier alpha value is -0.810. The van der Waals surface area contributed by atoms with Crippen molar-refractivity contribution < 1.29 is 4.79 Å². The molecule has 1 atom stereocenters. The van der Waals surface area contributed by atoms with Crippen molar-refractivity contribution >= 4 is 30.7 Å². The number of benzene rings is 1. The number of nitrogens with zero attached hydrogens (tertiary/aromatic N) is 1. The Morgan fingerprint density at radius 2 is 1.71 bits per heavy atom. The molecule has 0 aromatic heterocycles. The standard InChI is InChI=1S/C18H27N3O.2ClH/c22-18(17-5-1-2-10-19-17)20-13-15-6-8-16(9-7-15)14-21-11-3-4-12-21;;/h6-9,17,19H,1-5,10-14H2,(H,20,22);2*1H/t17-;;/m1../s1. The highest BCUT2D eigenvalue weighted by atomic mass is 35.5. The molecule has 1 aromatic rings. The number of rotatable bonds is 5. The maximum Gasteiger partial charge on any atom is 0.237 e. The van der Waals surface area contributed by atoms with Crippen molar-refractivity contribution in [3.8, 4) is 0 Å². The van der Waals surface area contributed by atoms with E-state index < -0.39 is 0 Å². The molecule has 0 unspecified atom stereocenters. The molecule has 2 heterocycles. The molecule has 0 saturated carbocycles. The highest BCUT2D eigenvalue weighted by Crippen LogP contribution is 2.13. The Bertz CT molecular complexity index is 484. The first kappa shape index (κ1) is 21.2. The van der Waals surface area contributed by atoms with Gasteiger partial charge in [0.25, 0.3) is 0 Å². The summed E-state index contributed by atoms with van der Waals surface area (Å²) in [5.41, 5.74) is 2.54. The second-order valence-electron chi connectivity index (χ2n) is 6.52. The summed E-state index contributed by atoms with van der Waals surface area (Å²) >= 11 is 0. The van der Waals surface area contributed by atoms with Crippen molar-refractivity contribution in [2.75, 3.05) is 19.6 Å². The van der Waals surface area contributed by atoms with Crippen LogP contribution in [-0.2, 0) is 17.9 Å². The van der Waals surface area contributed by atoms with Crippen molar-refractivity contribution in [2.24, 2.45) is 0 Å². The van der Waals surface area contributed by atoms with Crippen LogP contribution in [0.25, 0.3) is 0 Å². The van der Waals surface area contributed by atoms with Gasteiger partial charge in [0, 0.05) is 13.1 Å². The molecule has 24 heavy (non-hydrogen) atoms. The number of halogens is 2. The molecule has 2 aliphatic heterocycles. The molecule has 6 heteroatoms.